The minimum atomic E-state index is -0.0601. The van der Waals surface area contributed by atoms with Crippen LogP contribution in [0.3, 0.4) is 0 Å². The number of oxazole rings is 1. The van der Waals surface area contributed by atoms with Gasteiger partial charge in [0.25, 0.3) is 0 Å². The number of hydrogen-bond acceptors (Lipinski definition) is 6. The summed E-state index contributed by atoms with van der Waals surface area (Å²) in [6.45, 7) is 8.26. The monoisotopic (exact) mass is 374 g/mol. The normalized spacial score (nSPS) is 16.3. The average Bonchev–Trinajstić information content (AvgIpc) is 3.22. The fourth-order valence-corrected chi connectivity index (χ4v) is 3.54. The number of carbonyl (C=O) groups is 1. The maximum Gasteiger partial charge on any atom is 0.226 e. The van der Waals surface area contributed by atoms with Crippen molar-refractivity contribution in [3.05, 3.63) is 28.9 Å². The SMILES string of the molecule is CC(C)(C)c1cnc(/C=C/c2cnc(NC(=O)CC3CCNCC3)s2)o1. The number of anilines is 1. The van der Waals surface area contributed by atoms with Crippen LogP contribution in [0.25, 0.3) is 12.2 Å². The Bertz CT molecular complexity index is 767. The molecule has 1 saturated heterocycles. The van der Waals surface area contributed by atoms with Crippen LogP contribution in [0, 0.1) is 5.92 Å². The molecule has 3 heterocycles. The molecule has 0 spiro atoms. The van der Waals surface area contributed by atoms with Gasteiger partial charge in [-0.1, -0.05) is 32.1 Å². The van der Waals surface area contributed by atoms with Crippen LogP contribution in [0.4, 0.5) is 5.13 Å². The first kappa shape index (κ1) is 18.8. The molecule has 3 rings (SSSR count). The molecule has 7 heteroatoms. The van der Waals surface area contributed by atoms with E-state index >= 15 is 0 Å². The molecule has 0 bridgehead atoms. The Balaban J connectivity index is 1.54. The zero-order valence-corrected chi connectivity index (χ0v) is 16.4. The highest BCUT2D eigenvalue weighted by Crippen LogP contribution is 2.25. The van der Waals surface area contributed by atoms with Crippen molar-refractivity contribution in [3.8, 4) is 0 Å². The number of amides is 1. The maximum absolute atomic E-state index is 12.2. The van der Waals surface area contributed by atoms with Crippen molar-refractivity contribution in [3.63, 3.8) is 0 Å². The van der Waals surface area contributed by atoms with E-state index in [1.54, 1.807) is 12.4 Å². The molecule has 2 N–H and O–H groups in total. The lowest BCUT2D eigenvalue weighted by Gasteiger charge is -2.21. The zero-order chi connectivity index (χ0) is 18.6. The summed E-state index contributed by atoms with van der Waals surface area (Å²) in [6, 6.07) is 0. The van der Waals surface area contributed by atoms with Gasteiger partial charge in [0.15, 0.2) is 5.13 Å². The molecule has 0 radical (unpaired) electrons. The molecule has 140 valence electrons. The van der Waals surface area contributed by atoms with Gasteiger partial charge in [-0.25, -0.2) is 9.97 Å². The van der Waals surface area contributed by atoms with E-state index in [2.05, 4.69) is 41.4 Å². The maximum atomic E-state index is 12.2. The second-order valence-corrected chi connectivity index (χ2v) is 8.72. The van der Waals surface area contributed by atoms with Crippen molar-refractivity contribution in [2.24, 2.45) is 5.92 Å². The Kier molecular flexibility index (Phi) is 5.88. The summed E-state index contributed by atoms with van der Waals surface area (Å²) in [7, 11) is 0. The van der Waals surface area contributed by atoms with E-state index in [0.29, 0.717) is 23.4 Å². The Labute approximate surface area is 158 Å². The van der Waals surface area contributed by atoms with Crippen LogP contribution < -0.4 is 10.6 Å². The Morgan fingerprint density at radius 3 is 2.77 bits per heavy atom. The third-order valence-corrected chi connectivity index (χ3v) is 5.23. The topological polar surface area (TPSA) is 80.0 Å². The van der Waals surface area contributed by atoms with E-state index in [-0.39, 0.29) is 11.3 Å². The number of aromatic nitrogens is 2. The van der Waals surface area contributed by atoms with E-state index < -0.39 is 0 Å². The van der Waals surface area contributed by atoms with Crippen LogP contribution in [-0.4, -0.2) is 29.0 Å². The van der Waals surface area contributed by atoms with Crippen LogP contribution >= 0.6 is 11.3 Å². The van der Waals surface area contributed by atoms with Crippen LogP contribution in [0.1, 0.15) is 56.6 Å². The van der Waals surface area contributed by atoms with E-state index in [9.17, 15) is 4.79 Å². The summed E-state index contributed by atoms with van der Waals surface area (Å²) in [5.74, 6) is 1.94. The van der Waals surface area contributed by atoms with E-state index in [0.717, 1.165) is 36.6 Å². The third-order valence-electron chi connectivity index (χ3n) is 4.36. The summed E-state index contributed by atoms with van der Waals surface area (Å²) in [6.07, 6.45) is 9.92. The van der Waals surface area contributed by atoms with Crippen LogP contribution in [0.5, 0.6) is 0 Å². The molecule has 2 aromatic rings. The molecule has 26 heavy (non-hydrogen) atoms. The Hall–Kier alpha value is -1.99. The van der Waals surface area contributed by atoms with Crippen molar-refractivity contribution in [1.29, 1.82) is 0 Å². The second kappa shape index (κ2) is 8.14. The molecule has 0 aliphatic carbocycles. The summed E-state index contributed by atoms with van der Waals surface area (Å²) in [5, 5.41) is 6.85. The third kappa shape index (κ3) is 5.25. The van der Waals surface area contributed by atoms with Crippen molar-refractivity contribution in [2.45, 2.75) is 45.4 Å². The fraction of sp³-hybridized carbons (Fsp3) is 0.526. The van der Waals surface area contributed by atoms with Crippen LogP contribution in [-0.2, 0) is 10.2 Å². The van der Waals surface area contributed by atoms with Gasteiger partial charge in [0.2, 0.25) is 11.8 Å². The lowest BCUT2D eigenvalue weighted by atomic mass is 9.94. The molecule has 0 aromatic carbocycles. The number of hydrogen-bond donors (Lipinski definition) is 2. The van der Waals surface area contributed by atoms with Gasteiger partial charge in [-0.3, -0.25) is 4.79 Å². The van der Waals surface area contributed by atoms with Gasteiger partial charge < -0.3 is 15.1 Å². The molecule has 1 aliphatic rings. The minimum absolute atomic E-state index is 0.0456. The lowest BCUT2D eigenvalue weighted by molar-refractivity contribution is -0.117. The second-order valence-electron chi connectivity index (χ2n) is 7.66. The molecule has 2 aromatic heterocycles. The van der Waals surface area contributed by atoms with Crippen molar-refractivity contribution in [2.75, 3.05) is 18.4 Å². The number of piperidine rings is 1. The van der Waals surface area contributed by atoms with Crippen LogP contribution in [0.2, 0.25) is 0 Å². The number of rotatable bonds is 5. The van der Waals surface area contributed by atoms with Crippen molar-refractivity contribution >= 4 is 34.5 Å². The highest BCUT2D eigenvalue weighted by atomic mass is 32.1. The van der Waals surface area contributed by atoms with Gasteiger partial charge in [0.1, 0.15) is 5.76 Å². The van der Waals surface area contributed by atoms with Gasteiger partial charge in [-0.15, -0.1) is 0 Å². The van der Waals surface area contributed by atoms with Gasteiger partial charge in [-0.2, -0.15) is 0 Å². The molecule has 0 unspecified atom stereocenters. The summed E-state index contributed by atoms with van der Waals surface area (Å²) in [5.41, 5.74) is -0.0601. The Morgan fingerprint density at radius 1 is 1.31 bits per heavy atom. The van der Waals surface area contributed by atoms with Gasteiger partial charge in [0.05, 0.1) is 6.20 Å². The first-order chi connectivity index (χ1) is 12.4. The average molecular weight is 375 g/mol. The standard InChI is InChI=1S/C19H26N4O2S/c1-19(2,3)15-12-21-17(25-15)5-4-14-11-22-18(26-14)23-16(24)10-13-6-8-20-9-7-13/h4-5,11-13,20H,6-10H2,1-3H3,(H,22,23,24)/b5-4+. The number of carbonyl (C=O) groups excluding carboxylic acids is 1. The molecule has 1 fully saturated rings. The highest BCUT2D eigenvalue weighted by Gasteiger charge is 2.19. The van der Waals surface area contributed by atoms with Crippen LogP contribution in [0.15, 0.2) is 16.8 Å². The minimum Gasteiger partial charge on any atom is -0.441 e. The molecule has 6 nitrogen and oxygen atoms in total. The predicted molar refractivity (Wildman–Crippen MR) is 105 cm³/mol. The molecular weight excluding hydrogens is 348 g/mol. The molecule has 0 saturated carbocycles. The first-order valence-corrected chi connectivity index (χ1v) is 9.82. The smallest absolute Gasteiger partial charge is 0.226 e. The first-order valence-electron chi connectivity index (χ1n) is 9.01. The summed E-state index contributed by atoms with van der Waals surface area (Å²) in [4.78, 5) is 21.7. The summed E-state index contributed by atoms with van der Waals surface area (Å²) >= 11 is 1.44. The quantitative estimate of drug-likeness (QED) is 0.829. The molecule has 0 atom stereocenters. The Morgan fingerprint density at radius 2 is 2.08 bits per heavy atom. The van der Waals surface area contributed by atoms with Crippen molar-refractivity contribution in [1.82, 2.24) is 15.3 Å². The van der Waals surface area contributed by atoms with Gasteiger partial charge in [-0.05, 0) is 37.9 Å². The number of nitrogens with one attached hydrogen (secondary N) is 2. The summed E-state index contributed by atoms with van der Waals surface area (Å²) < 4.78 is 5.74. The molecule has 1 aliphatic heterocycles. The predicted octanol–water partition coefficient (Wildman–Crippen LogP) is 3.93. The van der Waals surface area contributed by atoms with E-state index in [4.69, 9.17) is 4.42 Å². The van der Waals surface area contributed by atoms with E-state index in [1.165, 1.54) is 11.3 Å². The number of thiazole rings is 1. The van der Waals surface area contributed by atoms with E-state index in [1.807, 2.05) is 12.2 Å². The van der Waals surface area contributed by atoms with Gasteiger partial charge >= 0.3 is 0 Å². The molecule has 1 amide bonds. The fourth-order valence-electron chi connectivity index (χ4n) is 2.80. The number of nitrogens with zero attached hydrogens (tertiary/aromatic N) is 2. The largest absolute Gasteiger partial charge is 0.441 e. The van der Waals surface area contributed by atoms with Crippen molar-refractivity contribution < 1.29 is 9.21 Å². The van der Waals surface area contributed by atoms with Gasteiger partial charge in [0, 0.05) is 29.0 Å². The molecular formula is C19H26N4O2S. The lowest BCUT2D eigenvalue weighted by Crippen LogP contribution is -2.30. The zero-order valence-electron chi connectivity index (χ0n) is 15.5. The highest BCUT2D eigenvalue weighted by molar-refractivity contribution is 7.16.